The van der Waals surface area contributed by atoms with E-state index in [9.17, 15) is 9.59 Å². The van der Waals surface area contributed by atoms with Gasteiger partial charge in [0.05, 0.1) is 3.57 Å². The fourth-order valence-corrected chi connectivity index (χ4v) is 5.77. The third kappa shape index (κ3) is 5.60. The number of aromatic nitrogens is 3. The van der Waals surface area contributed by atoms with Crippen molar-refractivity contribution in [2.75, 3.05) is 36.4 Å². The van der Waals surface area contributed by atoms with Gasteiger partial charge in [-0.05, 0) is 93.0 Å². The molecule has 2 aromatic heterocycles. The van der Waals surface area contributed by atoms with Crippen LogP contribution in [-0.2, 0) is 4.74 Å². The summed E-state index contributed by atoms with van der Waals surface area (Å²) in [4.78, 5) is 39.0. The topological polar surface area (TPSA) is 92.6 Å². The summed E-state index contributed by atoms with van der Waals surface area (Å²) >= 11 is 2.15. The van der Waals surface area contributed by atoms with Crippen LogP contribution in [0.1, 0.15) is 58.1 Å². The quantitative estimate of drug-likeness (QED) is 0.376. The van der Waals surface area contributed by atoms with Crippen LogP contribution in [-0.4, -0.2) is 57.3 Å². The molecule has 1 aliphatic heterocycles. The summed E-state index contributed by atoms with van der Waals surface area (Å²) < 4.78 is 8.14. The van der Waals surface area contributed by atoms with Crippen molar-refractivity contribution in [1.82, 2.24) is 19.4 Å². The standard InChI is InChI=1S/C28H35IN6O3/c1-18-22-17-30-26(32-24(22)35(25(36)23(18)29)21-7-5-6-8-21)31-19-9-11-20(12-10-19)33-13-15-34(16-14-33)27(37)38-28(2,3)4/h9-12,17,21H,5-8,13-16H2,1-4H3,(H,30,31,32)/i29-3. The minimum Gasteiger partial charge on any atom is -0.444 e. The molecule has 2 fully saturated rings. The van der Waals surface area contributed by atoms with Gasteiger partial charge in [0, 0.05) is 55.2 Å². The lowest BCUT2D eigenvalue weighted by molar-refractivity contribution is 0.0240. The van der Waals surface area contributed by atoms with Crippen molar-refractivity contribution in [3.8, 4) is 0 Å². The predicted octanol–water partition coefficient (Wildman–Crippen LogP) is 5.62. The van der Waals surface area contributed by atoms with Crippen LogP contribution >= 0.6 is 22.6 Å². The molecule has 1 aromatic carbocycles. The summed E-state index contributed by atoms with van der Waals surface area (Å²) in [7, 11) is 0. The highest BCUT2D eigenvalue weighted by atomic mass is 124. The van der Waals surface area contributed by atoms with Crippen LogP contribution in [0.4, 0.5) is 22.1 Å². The van der Waals surface area contributed by atoms with Gasteiger partial charge in [0.2, 0.25) is 5.95 Å². The molecule has 1 amide bonds. The summed E-state index contributed by atoms with van der Waals surface area (Å²) in [5, 5.41) is 4.24. The van der Waals surface area contributed by atoms with Gasteiger partial charge in [0.25, 0.3) is 5.56 Å². The van der Waals surface area contributed by atoms with Crippen molar-refractivity contribution in [3.63, 3.8) is 0 Å². The number of benzene rings is 1. The van der Waals surface area contributed by atoms with Gasteiger partial charge in [-0.1, -0.05) is 12.8 Å². The molecule has 0 unspecified atom stereocenters. The monoisotopic (exact) mass is 627 g/mol. The molecule has 1 saturated carbocycles. The third-order valence-corrected chi connectivity index (χ3v) is 8.52. The summed E-state index contributed by atoms with van der Waals surface area (Å²) in [5.74, 6) is 0.475. The predicted molar refractivity (Wildman–Crippen MR) is 159 cm³/mol. The number of aryl methyl sites for hydroxylation is 1. The van der Waals surface area contributed by atoms with E-state index in [4.69, 9.17) is 9.72 Å². The first-order valence-electron chi connectivity index (χ1n) is 13.3. The fourth-order valence-electron chi connectivity index (χ4n) is 5.22. The number of anilines is 3. The van der Waals surface area contributed by atoms with Gasteiger partial charge in [0.1, 0.15) is 11.2 Å². The Balaban J connectivity index is 1.30. The zero-order valence-electron chi connectivity index (χ0n) is 22.5. The number of carbonyl (C=O) groups excluding carboxylic acids is 1. The van der Waals surface area contributed by atoms with Crippen molar-refractivity contribution in [2.24, 2.45) is 0 Å². The molecule has 38 heavy (non-hydrogen) atoms. The SMILES string of the molecule is Cc1c([124I])c(=O)n(C2CCCC2)c2nc(Nc3ccc(N4CCN(C(=O)OC(C)(C)C)CC4)cc3)ncc12. The first-order chi connectivity index (χ1) is 18.1. The number of carbonyl (C=O) groups is 1. The molecule has 0 bridgehead atoms. The highest BCUT2D eigenvalue weighted by molar-refractivity contribution is 14.1. The molecule has 0 spiro atoms. The summed E-state index contributed by atoms with van der Waals surface area (Å²) in [6.45, 7) is 10.4. The molecular weight excluding hydrogens is 592 g/mol. The van der Waals surface area contributed by atoms with Crippen LogP contribution in [0.5, 0.6) is 0 Å². The van der Waals surface area contributed by atoms with Crippen molar-refractivity contribution < 1.29 is 9.53 Å². The molecule has 0 atom stereocenters. The number of fused-ring (bicyclic) bond motifs is 1. The van der Waals surface area contributed by atoms with Crippen molar-refractivity contribution >= 4 is 57.0 Å². The lowest BCUT2D eigenvalue weighted by atomic mass is 10.1. The van der Waals surface area contributed by atoms with E-state index < -0.39 is 5.60 Å². The van der Waals surface area contributed by atoms with E-state index in [2.05, 4.69) is 49.9 Å². The van der Waals surface area contributed by atoms with Gasteiger partial charge in [-0.25, -0.2) is 9.78 Å². The van der Waals surface area contributed by atoms with E-state index in [0.717, 1.165) is 64.7 Å². The average Bonchev–Trinajstić information content (AvgIpc) is 3.41. The number of halogens is 1. The third-order valence-electron chi connectivity index (χ3n) is 7.25. The maximum atomic E-state index is 13.2. The second kappa shape index (κ2) is 10.7. The van der Waals surface area contributed by atoms with Gasteiger partial charge in [-0.3, -0.25) is 9.36 Å². The molecule has 1 N–H and O–H groups in total. The number of nitrogens with one attached hydrogen (secondary N) is 1. The van der Waals surface area contributed by atoms with Crippen LogP contribution in [0.15, 0.2) is 35.3 Å². The lowest BCUT2D eigenvalue weighted by Gasteiger charge is -2.36. The van der Waals surface area contributed by atoms with Crippen LogP contribution in [0.25, 0.3) is 11.0 Å². The molecular formula is C28H35IN6O3. The first-order valence-corrected chi connectivity index (χ1v) is 14.4. The zero-order valence-corrected chi connectivity index (χ0v) is 24.6. The normalized spacial score (nSPS) is 16.8. The zero-order chi connectivity index (χ0) is 27.0. The van der Waals surface area contributed by atoms with Crippen LogP contribution in [0, 0.1) is 10.5 Å². The van der Waals surface area contributed by atoms with E-state index in [0.29, 0.717) is 24.7 Å². The van der Waals surface area contributed by atoms with Crippen LogP contribution < -0.4 is 15.8 Å². The van der Waals surface area contributed by atoms with E-state index in [-0.39, 0.29) is 17.7 Å². The Labute approximate surface area is 236 Å². The Bertz CT molecular complexity index is 1380. The fraction of sp³-hybridized carbons (Fsp3) is 0.500. The number of rotatable bonds is 4. The second-order valence-corrected chi connectivity index (χ2v) is 12.2. The van der Waals surface area contributed by atoms with Gasteiger partial charge >= 0.3 is 6.09 Å². The molecule has 10 heteroatoms. The Morgan fingerprint density at radius 3 is 2.37 bits per heavy atom. The lowest BCUT2D eigenvalue weighted by Crippen LogP contribution is -2.50. The van der Waals surface area contributed by atoms with E-state index >= 15 is 0 Å². The van der Waals surface area contributed by atoms with E-state index in [1.807, 2.05) is 50.6 Å². The van der Waals surface area contributed by atoms with Crippen LogP contribution in [0.2, 0.25) is 0 Å². The number of piperazine rings is 1. The number of hydrogen-bond donors (Lipinski definition) is 1. The largest absolute Gasteiger partial charge is 0.444 e. The van der Waals surface area contributed by atoms with Gasteiger partial charge < -0.3 is 19.9 Å². The second-order valence-electron chi connectivity index (χ2n) is 11.1. The molecule has 9 nitrogen and oxygen atoms in total. The Kier molecular flexibility index (Phi) is 7.52. The van der Waals surface area contributed by atoms with Gasteiger partial charge in [0.15, 0.2) is 0 Å². The first kappa shape index (κ1) is 26.7. The maximum Gasteiger partial charge on any atom is 0.410 e. The summed E-state index contributed by atoms with van der Waals surface area (Å²) in [5.41, 5.74) is 3.16. The molecule has 3 heterocycles. The molecule has 1 aliphatic carbocycles. The van der Waals surface area contributed by atoms with E-state index in [1.165, 1.54) is 0 Å². The van der Waals surface area contributed by atoms with Crippen molar-refractivity contribution in [2.45, 2.75) is 65.0 Å². The Morgan fingerprint density at radius 2 is 1.74 bits per heavy atom. The maximum absolute atomic E-state index is 13.2. The minimum atomic E-state index is -0.489. The number of ether oxygens (including phenoxy) is 1. The average molecular weight is 628 g/mol. The smallest absolute Gasteiger partial charge is 0.410 e. The Hall–Kier alpha value is -2.89. The molecule has 202 valence electrons. The molecule has 1 saturated heterocycles. The summed E-state index contributed by atoms with van der Waals surface area (Å²) in [6.07, 6.45) is 5.87. The summed E-state index contributed by atoms with van der Waals surface area (Å²) in [6, 6.07) is 8.33. The minimum absolute atomic E-state index is 0.0447. The molecule has 3 aromatic rings. The number of hydrogen-bond acceptors (Lipinski definition) is 7. The number of nitrogens with zero attached hydrogens (tertiary/aromatic N) is 5. The van der Waals surface area contributed by atoms with Crippen molar-refractivity contribution in [1.29, 1.82) is 0 Å². The van der Waals surface area contributed by atoms with Crippen LogP contribution in [0.3, 0.4) is 0 Å². The highest BCUT2D eigenvalue weighted by Crippen LogP contribution is 2.32. The molecule has 0 radical (unpaired) electrons. The molecule has 5 rings (SSSR count). The number of amides is 1. The van der Waals surface area contributed by atoms with E-state index in [1.54, 1.807) is 4.90 Å². The van der Waals surface area contributed by atoms with Gasteiger partial charge in [-0.15, -0.1) is 0 Å². The number of pyridine rings is 1. The molecule has 2 aliphatic rings. The Morgan fingerprint density at radius 1 is 1.08 bits per heavy atom. The van der Waals surface area contributed by atoms with Gasteiger partial charge in [-0.2, -0.15) is 4.98 Å². The van der Waals surface area contributed by atoms with Crippen molar-refractivity contribution in [3.05, 3.63) is 49.9 Å². The highest BCUT2D eigenvalue weighted by Gasteiger charge is 2.26.